The summed E-state index contributed by atoms with van der Waals surface area (Å²) in [7, 11) is 0. The van der Waals surface area contributed by atoms with Gasteiger partial charge in [-0.1, -0.05) is 6.92 Å². The predicted octanol–water partition coefficient (Wildman–Crippen LogP) is 1.16. The molecule has 0 aromatic rings. The SMILES string of the molecule is CC1CCC(NCCOCCO)CC1. The highest BCUT2D eigenvalue weighted by Crippen LogP contribution is 2.23. The Kier molecular flexibility index (Phi) is 6.15. The standard InChI is InChI=1S/C11H23NO2/c1-10-2-4-11(5-3-10)12-6-8-14-9-7-13/h10-13H,2-9H2,1H3. The van der Waals surface area contributed by atoms with Crippen LogP contribution >= 0.6 is 0 Å². The molecule has 84 valence electrons. The van der Waals surface area contributed by atoms with Gasteiger partial charge in [0.05, 0.1) is 19.8 Å². The zero-order valence-corrected chi connectivity index (χ0v) is 9.17. The van der Waals surface area contributed by atoms with E-state index in [0.29, 0.717) is 19.3 Å². The van der Waals surface area contributed by atoms with Crippen molar-refractivity contribution >= 4 is 0 Å². The Hall–Kier alpha value is -0.120. The molecule has 1 aliphatic rings. The summed E-state index contributed by atoms with van der Waals surface area (Å²) in [5.74, 6) is 0.915. The highest BCUT2D eigenvalue weighted by molar-refractivity contribution is 4.74. The van der Waals surface area contributed by atoms with Crippen LogP contribution in [0.5, 0.6) is 0 Å². The molecule has 0 aromatic carbocycles. The number of hydrogen-bond acceptors (Lipinski definition) is 3. The van der Waals surface area contributed by atoms with Gasteiger partial charge in [0.25, 0.3) is 0 Å². The van der Waals surface area contributed by atoms with Crippen LogP contribution in [-0.4, -0.2) is 37.5 Å². The van der Waals surface area contributed by atoms with E-state index in [2.05, 4.69) is 12.2 Å². The van der Waals surface area contributed by atoms with E-state index in [0.717, 1.165) is 12.5 Å². The van der Waals surface area contributed by atoms with E-state index in [1.54, 1.807) is 0 Å². The maximum atomic E-state index is 8.50. The molecule has 1 rings (SSSR count). The van der Waals surface area contributed by atoms with Gasteiger partial charge in [0.15, 0.2) is 0 Å². The summed E-state index contributed by atoms with van der Waals surface area (Å²) in [5.41, 5.74) is 0. The monoisotopic (exact) mass is 201 g/mol. The fourth-order valence-electron chi connectivity index (χ4n) is 1.97. The summed E-state index contributed by atoms with van der Waals surface area (Å²) in [5, 5.41) is 12.0. The summed E-state index contributed by atoms with van der Waals surface area (Å²) in [6.45, 7) is 4.55. The minimum atomic E-state index is 0.126. The molecule has 14 heavy (non-hydrogen) atoms. The summed E-state index contributed by atoms with van der Waals surface area (Å²) in [6.07, 6.45) is 5.33. The molecule has 0 unspecified atom stereocenters. The van der Waals surface area contributed by atoms with Crippen molar-refractivity contribution in [2.24, 2.45) is 5.92 Å². The third-order valence-corrected chi connectivity index (χ3v) is 2.93. The fraction of sp³-hybridized carbons (Fsp3) is 1.00. The topological polar surface area (TPSA) is 41.5 Å². The van der Waals surface area contributed by atoms with Gasteiger partial charge in [-0.05, 0) is 31.6 Å². The van der Waals surface area contributed by atoms with Gasteiger partial charge in [0.1, 0.15) is 0 Å². The van der Waals surface area contributed by atoms with Crippen molar-refractivity contribution in [2.75, 3.05) is 26.4 Å². The molecule has 0 spiro atoms. The molecule has 0 atom stereocenters. The lowest BCUT2D eigenvalue weighted by Crippen LogP contribution is -2.35. The summed E-state index contributed by atoms with van der Waals surface area (Å²) < 4.78 is 5.18. The third-order valence-electron chi connectivity index (χ3n) is 2.93. The molecular formula is C11H23NO2. The first-order valence-corrected chi connectivity index (χ1v) is 5.75. The molecule has 0 aromatic heterocycles. The second kappa shape index (κ2) is 7.21. The third kappa shape index (κ3) is 4.94. The van der Waals surface area contributed by atoms with Crippen molar-refractivity contribution in [1.82, 2.24) is 5.32 Å². The van der Waals surface area contributed by atoms with E-state index in [1.165, 1.54) is 25.7 Å². The van der Waals surface area contributed by atoms with E-state index in [4.69, 9.17) is 9.84 Å². The van der Waals surface area contributed by atoms with Crippen molar-refractivity contribution in [3.8, 4) is 0 Å². The molecule has 0 radical (unpaired) electrons. The van der Waals surface area contributed by atoms with Gasteiger partial charge in [0.2, 0.25) is 0 Å². The summed E-state index contributed by atoms with van der Waals surface area (Å²) in [6, 6.07) is 0.698. The van der Waals surface area contributed by atoms with Crippen molar-refractivity contribution in [1.29, 1.82) is 0 Å². The first-order chi connectivity index (χ1) is 6.83. The van der Waals surface area contributed by atoms with Gasteiger partial charge in [-0.15, -0.1) is 0 Å². The molecule has 0 aliphatic heterocycles. The van der Waals surface area contributed by atoms with Gasteiger partial charge in [-0.25, -0.2) is 0 Å². The maximum Gasteiger partial charge on any atom is 0.0698 e. The number of ether oxygens (including phenoxy) is 1. The molecule has 0 bridgehead atoms. The van der Waals surface area contributed by atoms with Crippen LogP contribution in [-0.2, 0) is 4.74 Å². The number of aliphatic hydroxyl groups is 1. The van der Waals surface area contributed by atoms with E-state index >= 15 is 0 Å². The Morgan fingerprint density at radius 3 is 2.57 bits per heavy atom. The quantitative estimate of drug-likeness (QED) is 0.634. The highest BCUT2D eigenvalue weighted by Gasteiger charge is 2.16. The second-order valence-corrected chi connectivity index (χ2v) is 4.25. The molecular weight excluding hydrogens is 178 g/mol. The van der Waals surface area contributed by atoms with E-state index in [9.17, 15) is 0 Å². The largest absolute Gasteiger partial charge is 0.394 e. The summed E-state index contributed by atoms with van der Waals surface area (Å²) >= 11 is 0. The lowest BCUT2D eigenvalue weighted by molar-refractivity contribution is 0.0914. The van der Waals surface area contributed by atoms with Crippen LogP contribution in [0.4, 0.5) is 0 Å². The van der Waals surface area contributed by atoms with Crippen LogP contribution in [0.25, 0.3) is 0 Å². The van der Waals surface area contributed by atoms with Gasteiger partial charge >= 0.3 is 0 Å². The Morgan fingerprint density at radius 2 is 1.93 bits per heavy atom. The highest BCUT2D eigenvalue weighted by atomic mass is 16.5. The van der Waals surface area contributed by atoms with Gasteiger partial charge in [-0.3, -0.25) is 0 Å². The van der Waals surface area contributed by atoms with Crippen molar-refractivity contribution in [3.05, 3.63) is 0 Å². The lowest BCUT2D eigenvalue weighted by Gasteiger charge is -2.26. The maximum absolute atomic E-state index is 8.50. The molecule has 0 heterocycles. The van der Waals surface area contributed by atoms with Crippen LogP contribution in [0.1, 0.15) is 32.6 Å². The first-order valence-electron chi connectivity index (χ1n) is 5.75. The van der Waals surface area contributed by atoms with Crippen molar-refractivity contribution < 1.29 is 9.84 Å². The fourth-order valence-corrected chi connectivity index (χ4v) is 1.97. The van der Waals surface area contributed by atoms with Crippen LogP contribution in [0.2, 0.25) is 0 Å². The molecule has 1 fully saturated rings. The minimum Gasteiger partial charge on any atom is -0.394 e. The molecule has 3 nitrogen and oxygen atoms in total. The average molecular weight is 201 g/mol. The van der Waals surface area contributed by atoms with E-state index < -0.39 is 0 Å². The Labute approximate surface area is 86.8 Å². The smallest absolute Gasteiger partial charge is 0.0698 e. The number of hydrogen-bond donors (Lipinski definition) is 2. The number of aliphatic hydroxyl groups excluding tert-OH is 1. The van der Waals surface area contributed by atoms with Crippen LogP contribution < -0.4 is 5.32 Å². The average Bonchev–Trinajstić information content (AvgIpc) is 2.21. The molecule has 1 aliphatic carbocycles. The number of rotatable bonds is 6. The zero-order chi connectivity index (χ0) is 10.2. The Bertz CT molecular complexity index is 133. The predicted molar refractivity (Wildman–Crippen MR) is 57.3 cm³/mol. The molecule has 3 heteroatoms. The van der Waals surface area contributed by atoms with E-state index in [1.807, 2.05) is 0 Å². The Morgan fingerprint density at radius 1 is 1.21 bits per heavy atom. The second-order valence-electron chi connectivity index (χ2n) is 4.25. The van der Waals surface area contributed by atoms with Gasteiger partial charge < -0.3 is 15.2 Å². The first kappa shape index (κ1) is 12.0. The number of nitrogens with one attached hydrogen (secondary N) is 1. The van der Waals surface area contributed by atoms with Gasteiger partial charge in [0, 0.05) is 12.6 Å². The molecule has 2 N–H and O–H groups in total. The van der Waals surface area contributed by atoms with Crippen LogP contribution in [0.3, 0.4) is 0 Å². The van der Waals surface area contributed by atoms with E-state index in [-0.39, 0.29) is 6.61 Å². The van der Waals surface area contributed by atoms with Crippen molar-refractivity contribution in [3.63, 3.8) is 0 Å². The molecule has 0 amide bonds. The van der Waals surface area contributed by atoms with Crippen LogP contribution in [0, 0.1) is 5.92 Å². The zero-order valence-electron chi connectivity index (χ0n) is 9.17. The minimum absolute atomic E-state index is 0.126. The molecule has 0 saturated heterocycles. The van der Waals surface area contributed by atoms with Crippen molar-refractivity contribution in [2.45, 2.75) is 38.6 Å². The normalized spacial score (nSPS) is 27.9. The summed E-state index contributed by atoms with van der Waals surface area (Å²) in [4.78, 5) is 0. The van der Waals surface area contributed by atoms with Crippen LogP contribution in [0.15, 0.2) is 0 Å². The lowest BCUT2D eigenvalue weighted by atomic mass is 9.87. The van der Waals surface area contributed by atoms with Gasteiger partial charge in [-0.2, -0.15) is 0 Å². The Balaban J connectivity index is 1.91. The molecule has 1 saturated carbocycles.